The van der Waals surface area contributed by atoms with Crippen molar-refractivity contribution in [1.82, 2.24) is 15.0 Å². The molecular weight excluding hydrogens is 915 g/mol. The number of fused-ring (bicyclic) bond motifs is 16. The summed E-state index contributed by atoms with van der Waals surface area (Å²) in [6.45, 7) is 0. The van der Waals surface area contributed by atoms with Gasteiger partial charge in [0.05, 0.1) is 11.0 Å². The first-order valence-electron chi connectivity index (χ1n) is 25.5. The van der Waals surface area contributed by atoms with Crippen molar-refractivity contribution in [2.24, 2.45) is 0 Å². The molecule has 0 aliphatic heterocycles. The van der Waals surface area contributed by atoms with Crippen LogP contribution < -0.4 is 0 Å². The number of aromatic nitrogens is 3. The van der Waals surface area contributed by atoms with Crippen LogP contribution in [0.4, 0.5) is 0 Å². The quantitative estimate of drug-likeness (QED) is 0.166. The van der Waals surface area contributed by atoms with Crippen molar-refractivity contribution in [3.63, 3.8) is 0 Å². The molecule has 16 rings (SSSR count). The predicted molar refractivity (Wildman–Crippen MR) is 303 cm³/mol. The minimum Gasteiger partial charge on any atom is -0.456 e. The average Bonchev–Trinajstić information content (AvgIpc) is 4.28. The summed E-state index contributed by atoms with van der Waals surface area (Å²) >= 11 is 0. The number of hydrogen-bond acceptors (Lipinski definition) is 5. The van der Waals surface area contributed by atoms with Crippen molar-refractivity contribution in [1.29, 1.82) is 0 Å². The second-order valence-electron chi connectivity index (χ2n) is 19.7. The van der Waals surface area contributed by atoms with Gasteiger partial charge in [0.1, 0.15) is 22.3 Å². The van der Waals surface area contributed by atoms with E-state index in [-0.39, 0.29) is 0 Å². The number of para-hydroxylation sites is 2. The number of benzene rings is 11. The molecule has 2 aliphatic carbocycles. The highest BCUT2D eigenvalue weighted by molar-refractivity contribution is 6.13. The standard InChI is InChI=1S/C70H41N3O2/c1-2-15-42(16-3-1)45-17-12-18-48(39-45)67-71-68(73-69(72-67)56-25-13-23-54-53-22-7-11-29-62(53)75-66(54)56)55-24-14-30-64-65(55)57-40-46(36-38-63(57)74-64)43-31-33-44(34-32-43)47-35-37-52-51-21-6-10-28-60(51)70(61(52)41-47)58-26-8-4-19-49(58)50-20-5-9-27-59(50)70/h1-41H. The summed E-state index contributed by atoms with van der Waals surface area (Å²) in [4.78, 5) is 15.8. The molecule has 2 aliphatic rings. The van der Waals surface area contributed by atoms with Gasteiger partial charge in [-0.3, -0.25) is 0 Å². The summed E-state index contributed by atoms with van der Waals surface area (Å²) in [6, 6.07) is 88.7. The Morgan fingerprint density at radius 2 is 0.720 bits per heavy atom. The molecular formula is C70H41N3O2. The predicted octanol–water partition coefficient (Wildman–Crippen LogP) is 18.0. The largest absolute Gasteiger partial charge is 0.456 e. The maximum absolute atomic E-state index is 6.63. The van der Waals surface area contributed by atoms with Gasteiger partial charge in [0, 0.05) is 32.7 Å². The van der Waals surface area contributed by atoms with E-state index in [1.165, 1.54) is 55.6 Å². The smallest absolute Gasteiger partial charge is 0.167 e. The number of hydrogen-bond donors (Lipinski definition) is 0. The van der Waals surface area contributed by atoms with Crippen LogP contribution in [0.5, 0.6) is 0 Å². The third-order valence-corrected chi connectivity index (χ3v) is 15.8. The molecule has 0 atom stereocenters. The van der Waals surface area contributed by atoms with E-state index in [2.05, 4.69) is 200 Å². The molecule has 0 saturated carbocycles. The second kappa shape index (κ2) is 16.0. The van der Waals surface area contributed by atoms with Crippen LogP contribution in [-0.4, -0.2) is 15.0 Å². The average molecular weight is 956 g/mol. The van der Waals surface area contributed by atoms with Crippen LogP contribution >= 0.6 is 0 Å². The first kappa shape index (κ1) is 41.6. The van der Waals surface area contributed by atoms with E-state index in [9.17, 15) is 0 Å². The summed E-state index contributed by atoms with van der Waals surface area (Å²) < 4.78 is 13.2. The Balaban J connectivity index is 0.814. The highest BCUT2D eigenvalue weighted by Gasteiger charge is 2.51. The molecule has 0 bridgehead atoms. The fourth-order valence-corrected chi connectivity index (χ4v) is 12.5. The highest BCUT2D eigenvalue weighted by atomic mass is 16.3. The van der Waals surface area contributed by atoms with Crippen molar-refractivity contribution < 1.29 is 8.83 Å². The minimum atomic E-state index is -0.392. The summed E-state index contributed by atoms with van der Waals surface area (Å²) in [7, 11) is 0. The van der Waals surface area contributed by atoms with E-state index in [0.29, 0.717) is 17.5 Å². The zero-order valence-corrected chi connectivity index (χ0v) is 40.3. The number of nitrogens with zero attached hydrogens (tertiary/aromatic N) is 3. The van der Waals surface area contributed by atoms with Gasteiger partial charge in [-0.2, -0.15) is 0 Å². The number of rotatable bonds is 6. The van der Waals surface area contributed by atoms with Gasteiger partial charge in [0.25, 0.3) is 0 Å². The first-order valence-corrected chi connectivity index (χ1v) is 25.5. The molecule has 348 valence electrons. The fourth-order valence-electron chi connectivity index (χ4n) is 12.5. The van der Waals surface area contributed by atoms with Crippen LogP contribution in [0.15, 0.2) is 258 Å². The molecule has 0 amide bonds. The van der Waals surface area contributed by atoms with Crippen molar-refractivity contribution >= 4 is 43.9 Å². The molecule has 0 fully saturated rings. The lowest BCUT2D eigenvalue weighted by Crippen LogP contribution is -2.25. The molecule has 1 spiro atoms. The maximum Gasteiger partial charge on any atom is 0.167 e. The maximum atomic E-state index is 6.63. The van der Waals surface area contributed by atoms with Gasteiger partial charge >= 0.3 is 0 Å². The zero-order valence-electron chi connectivity index (χ0n) is 40.3. The van der Waals surface area contributed by atoms with Crippen LogP contribution in [0.2, 0.25) is 0 Å². The molecule has 5 heteroatoms. The minimum absolute atomic E-state index is 0.392. The van der Waals surface area contributed by atoms with Crippen molar-refractivity contribution in [2.45, 2.75) is 5.41 Å². The van der Waals surface area contributed by atoms with E-state index < -0.39 is 5.41 Å². The Hall–Kier alpha value is -9.97. The highest BCUT2D eigenvalue weighted by Crippen LogP contribution is 2.63. The molecule has 0 N–H and O–H groups in total. The molecule has 3 heterocycles. The van der Waals surface area contributed by atoms with Crippen LogP contribution in [0.1, 0.15) is 22.3 Å². The summed E-state index contributed by atoms with van der Waals surface area (Å²) in [5.41, 5.74) is 22.6. The van der Waals surface area contributed by atoms with Gasteiger partial charge in [-0.05, 0) is 120 Å². The molecule has 5 nitrogen and oxygen atoms in total. The summed E-state index contributed by atoms with van der Waals surface area (Å²) in [6.07, 6.45) is 0. The lowest BCUT2D eigenvalue weighted by molar-refractivity contribution is 0.668. The molecule has 3 aromatic heterocycles. The molecule has 75 heavy (non-hydrogen) atoms. The van der Waals surface area contributed by atoms with E-state index in [1.54, 1.807) is 0 Å². The van der Waals surface area contributed by atoms with Gasteiger partial charge in [-0.1, -0.05) is 206 Å². The Bertz CT molecular complexity index is 4600. The van der Waals surface area contributed by atoms with E-state index in [1.807, 2.05) is 48.5 Å². The lowest BCUT2D eigenvalue weighted by atomic mass is 9.70. The van der Waals surface area contributed by atoms with Gasteiger partial charge in [-0.25, -0.2) is 15.0 Å². The molecule has 0 unspecified atom stereocenters. The van der Waals surface area contributed by atoms with Gasteiger partial charge < -0.3 is 8.83 Å². The lowest BCUT2D eigenvalue weighted by Gasteiger charge is -2.30. The van der Waals surface area contributed by atoms with Crippen LogP contribution in [0.25, 0.3) is 134 Å². The van der Waals surface area contributed by atoms with Gasteiger partial charge in [-0.15, -0.1) is 0 Å². The third kappa shape index (κ3) is 6.16. The topological polar surface area (TPSA) is 65.0 Å². The Morgan fingerprint density at radius 1 is 0.253 bits per heavy atom. The Labute approximate surface area is 431 Å². The van der Waals surface area contributed by atoms with E-state index in [0.717, 1.165) is 82.8 Å². The Kier molecular flexibility index (Phi) is 8.89. The third-order valence-electron chi connectivity index (χ3n) is 15.8. The normalized spacial score (nSPS) is 12.9. The Morgan fingerprint density at radius 3 is 1.47 bits per heavy atom. The molecule has 11 aromatic carbocycles. The summed E-state index contributed by atoms with van der Waals surface area (Å²) in [5, 5.41) is 3.98. The van der Waals surface area contributed by atoms with Crippen LogP contribution in [-0.2, 0) is 5.41 Å². The molecule has 14 aromatic rings. The summed E-state index contributed by atoms with van der Waals surface area (Å²) in [5.74, 6) is 1.63. The second-order valence-corrected chi connectivity index (χ2v) is 19.7. The van der Waals surface area contributed by atoms with E-state index >= 15 is 0 Å². The van der Waals surface area contributed by atoms with Crippen molar-refractivity contribution in [3.8, 4) is 89.8 Å². The van der Waals surface area contributed by atoms with Crippen molar-refractivity contribution in [3.05, 3.63) is 271 Å². The van der Waals surface area contributed by atoms with Crippen LogP contribution in [0, 0.1) is 0 Å². The fraction of sp³-hybridized carbons (Fsp3) is 0.0143. The molecule has 0 radical (unpaired) electrons. The van der Waals surface area contributed by atoms with Gasteiger partial charge in [0.2, 0.25) is 0 Å². The van der Waals surface area contributed by atoms with Crippen LogP contribution in [0.3, 0.4) is 0 Å². The van der Waals surface area contributed by atoms with Crippen molar-refractivity contribution in [2.75, 3.05) is 0 Å². The monoisotopic (exact) mass is 955 g/mol. The molecule has 0 saturated heterocycles. The van der Waals surface area contributed by atoms with E-state index in [4.69, 9.17) is 23.8 Å². The van der Waals surface area contributed by atoms with Gasteiger partial charge in [0.15, 0.2) is 17.5 Å². The first-order chi connectivity index (χ1) is 37.2. The zero-order chi connectivity index (χ0) is 49.2. The SMILES string of the molecule is c1ccc(-c2cccc(-c3nc(-c4cccc5c4oc4ccccc45)nc(-c4cccc5oc6ccc(-c7ccc(-c8ccc9c(c8)C8(c%10ccccc%10-c%10ccccc%108)c8ccccc8-9)cc7)cc6c45)n3)c2)cc1. The number of furan rings is 2.